The Morgan fingerprint density at radius 3 is 2.62 bits per heavy atom. The van der Waals surface area contributed by atoms with Crippen molar-refractivity contribution in [2.75, 3.05) is 12.4 Å². The summed E-state index contributed by atoms with van der Waals surface area (Å²) in [5.74, 6) is 0.440. The summed E-state index contributed by atoms with van der Waals surface area (Å²) in [5, 5.41) is 2.84. The van der Waals surface area contributed by atoms with Crippen LogP contribution in [0.2, 0.25) is 0 Å². The standard InChI is InChI=1S/C17H20N2O4S/c1-11-8-13(9-14-15(11)18-16(20)17(14,2)3)24(21,22)19(4)10-12-6-5-7-23-12/h5-9H,10H2,1-4H3,(H,18,20). The number of rotatable bonds is 4. The van der Waals surface area contributed by atoms with Crippen molar-refractivity contribution in [3.63, 3.8) is 0 Å². The molecule has 1 aliphatic rings. The second-order valence-corrected chi connectivity index (χ2v) is 8.63. The third-order valence-electron chi connectivity index (χ3n) is 4.46. The smallest absolute Gasteiger partial charge is 0.243 e. The number of carbonyl (C=O) groups is 1. The minimum absolute atomic E-state index is 0.126. The van der Waals surface area contributed by atoms with Gasteiger partial charge in [-0.25, -0.2) is 8.42 Å². The molecule has 0 spiro atoms. The first-order valence-corrected chi connectivity index (χ1v) is 9.03. The number of anilines is 1. The van der Waals surface area contributed by atoms with E-state index in [0.717, 1.165) is 5.56 Å². The molecule has 0 radical (unpaired) electrons. The van der Waals surface area contributed by atoms with Gasteiger partial charge in [-0.05, 0) is 56.2 Å². The van der Waals surface area contributed by atoms with Gasteiger partial charge in [0.2, 0.25) is 15.9 Å². The van der Waals surface area contributed by atoms with Gasteiger partial charge in [0.25, 0.3) is 0 Å². The van der Waals surface area contributed by atoms with Crippen molar-refractivity contribution in [2.45, 2.75) is 37.6 Å². The Balaban J connectivity index is 2.02. The number of nitrogens with one attached hydrogen (secondary N) is 1. The summed E-state index contributed by atoms with van der Waals surface area (Å²) in [5.41, 5.74) is 1.39. The Kier molecular flexibility index (Phi) is 3.80. The highest BCUT2D eigenvalue weighted by atomic mass is 32.2. The highest BCUT2D eigenvalue weighted by Gasteiger charge is 2.40. The quantitative estimate of drug-likeness (QED) is 0.921. The third kappa shape index (κ3) is 2.53. The molecule has 0 saturated carbocycles. The predicted molar refractivity (Wildman–Crippen MR) is 90.2 cm³/mol. The molecule has 1 aromatic heterocycles. The van der Waals surface area contributed by atoms with Gasteiger partial charge in [0.15, 0.2) is 0 Å². The fraction of sp³-hybridized carbons (Fsp3) is 0.353. The largest absolute Gasteiger partial charge is 0.468 e. The first kappa shape index (κ1) is 16.7. The van der Waals surface area contributed by atoms with Crippen molar-refractivity contribution < 1.29 is 17.6 Å². The lowest BCUT2D eigenvalue weighted by Gasteiger charge is -2.20. The van der Waals surface area contributed by atoms with E-state index >= 15 is 0 Å². The molecule has 0 unspecified atom stereocenters. The van der Waals surface area contributed by atoms with Gasteiger partial charge in [-0.1, -0.05) is 0 Å². The van der Waals surface area contributed by atoms with Crippen LogP contribution in [-0.2, 0) is 26.8 Å². The number of nitrogens with zero attached hydrogens (tertiary/aromatic N) is 1. The zero-order valence-electron chi connectivity index (χ0n) is 14.1. The van der Waals surface area contributed by atoms with E-state index in [1.165, 1.54) is 17.6 Å². The Labute approximate surface area is 141 Å². The topological polar surface area (TPSA) is 79.6 Å². The molecule has 0 aliphatic carbocycles. The van der Waals surface area contributed by atoms with Crippen LogP contribution >= 0.6 is 0 Å². The third-order valence-corrected chi connectivity index (χ3v) is 6.24. The molecular formula is C17H20N2O4S. The minimum Gasteiger partial charge on any atom is -0.468 e. The highest BCUT2D eigenvalue weighted by Crippen LogP contribution is 2.41. The van der Waals surface area contributed by atoms with Gasteiger partial charge in [0, 0.05) is 12.7 Å². The van der Waals surface area contributed by atoms with Crippen LogP contribution in [0.15, 0.2) is 39.8 Å². The Bertz CT molecular complexity index is 899. The molecule has 2 aromatic rings. The number of aryl methyl sites for hydroxylation is 1. The van der Waals surface area contributed by atoms with Crippen LogP contribution in [0.25, 0.3) is 0 Å². The molecule has 6 nitrogen and oxygen atoms in total. The zero-order valence-corrected chi connectivity index (χ0v) is 14.9. The van der Waals surface area contributed by atoms with Crippen LogP contribution in [-0.4, -0.2) is 25.7 Å². The van der Waals surface area contributed by atoms with Crippen molar-refractivity contribution in [3.8, 4) is 0 Å². The van der Waals surface area contributed by atoms with E-state index in [2.05, 4.69) is 5.32 Å². The fourth-order valence-electron chi connectivity index (χ4n) is 2.84. The van der Waals surface area contributed by atoms with Crippen molar-refractivity contribution in [1.82, 2.24) is 4.31 Å². The number of carbonyl (C=O) groups excluding carboxylic acids is 1. The molecule has 0 bridgehead atoms. The number of hydrogen-bond acceptors (Lipinski definition) is 4. The summed E-state index contributed by atoms with van der Waals surface area (Å²) in [6.07, 6.45) is 1.51. The van der Waals surface area contributed by atoms with E-state index in [9.17, 15) is 13.2 Å². The van der Waals surface area contributed by atoms with Gasteiger partial charge in [-0.3, -0.25) is 4.79 Å². The summed E-state index contributed by atoms with van der Waals surface area (Å²) in [6.45, 7) is 5.52. The number of benzene rings is 1. The number of hydrogen-bond donors (Lipinski definition) is 1. The van der Waals surface area contributed by atoms with E-state index in [0.29, 0.717) is 17.0 Å². The van der Waals surface area contributed by atoms with Crippen LogP contribution in [0.1, 0.15) is 30.7 Å². The summed E-state index contributed by atoms with van der Waals surface area (Å²) >= 11 is 0. The average molecular weight is 348 g/mol. The van der Waals surface area contributed by atoms with E-state index in [-0.39, 0.29) is 17.3 Å². The number of fused-ring (bicyclic) bond motifs is 1. The molecule has 7 heteroatoms. The van der Waals surface area contributed by atoms with Crippen molar-refractivity contribution in [1.29, 1.82) is 0 Å². The SMILES string of the molecule is Cc1cc(S(=O)(=O)N(C)Cc2ccco2)cc2c1NC(=O)C2(C)C. The number of amides is 1. The normalized spacial score (nSPS) is 16.3. The molecule has 1 N–H and O–H groups in total. The van der Waals surface area contributed by atoms with Gasteiger partial charge in [0.1, 0.15) is 5.76 Å². The van der Waals surface area contributed by atoms with Crippen molar-refractivity contribution >= 4 is 21.6 Å². The van der Waals surface area contributed by atoms with Crippen LogP contribution in [0.5, 0.6) is 0 Å². The summed E-state index contributed by atoms with van der Waals surface area (Å²) in [4.78, 5) is 12.3. The molecule has 2 heterocycles. The Hall–Kier alpha value is -2.12. The lowest BCUT2D eigenvalue weighted by molar-refractivity contribution is -0.119. The predicted octanol–water partition coefficient (Wildman–Crippen LogP) is 2.64. The second-order valence-electron chi connectivity index (χ2n) is 6.58. The molecule has 1 amide bonds. The zero-order chi connectivity index (χ0) is 17.7. The van der Waals surface area contributed by atoms with E-state index in [4.69, 9.17) is 4.42 Å². The molecule has 24 heavy (non-hydrogen) atoms. The average Bonchev–Trinajstić information content (AvgIpc) is 3.08. The second kappa shape index (κ2) is 5.46. The van der Waals surface area contributed by atoms with Crippen molar-refractivity contribution in [3.05, 3.63) is 47.4 Å². The monoisotopic (exact) mass is 348 g/mol. The number of sulfonamides is 1. The van der Waals surface area contributed by atoms with Crippen LogP contribution in [0.3, 0.4) is 0 Å². The number of furan rings is 1. The molecule has 128 valence electrons. The van der Waals surface area contributed by atoms with Gasteiger partial charge in [-0.15, -0.1) is 0 Å². The molecule has 0 fully saturated rings. The molecule has 1 aliphatic heterocycles. The van der Waals surface area contributed by atoms with E-state index < -0.39 is 15.4 Å². The summed E-state index contributed by atoms with van der Waals surface area (Å²) in [6, 6.07) is 6.63. The van der Waals surface area contributed by atoms with Crippen LogP contribution in [0, 0.1) is 6.92 Å². The lowest BCUT2D eigenvalue weighted by atomic mass is 9.85. The van der Waals surface area contributed by atoms with Gasteiger partial charge in [0.05, 0.1) is 23.1 Å². The molecule has 3 rings (SSSR count). The Morgan fingerprint density at radius 1 is 1.29 bits per heavy atom. The van der Waals surface area contributed by atoms with Crippen LogP contribution in [0.4, 0.5) is 5.69 Å². The lowest BCUT2D eigenvalue weighted by Crippen LogP contribution is -2.28. The van der Waals surface area contributed by atoms with Gasteiger partial charge < -0.3 is 9.73 Å². The molecule has 0 saturated heterocycles. The first-order chi connectivity index (χ1) is 11.1. The van der Waals surface area contributed by atoms with Gasteiger partial charge >= 0.3 is 0 Å². The maximum atomic E-state index is 12.9. The Morgan fingerprint density at radius 2 is 2.00 bits per heavy atom. The van der Waals surface area contributed by atoms with E-state index in [1.807, 2.05) is 0 Å². The first-order valence-electron chi connectivity index (χ1n) is 7.59. The van der Waals surface area contributed by atoms with Crippen LogP contribution < -0.4 is 5.32 Å². The summed E-state index contributed by atoms with van der Waals surface area (Å²) < 4.78 is 32.2. The minimum atomic E-state index is -3.69. The molecule has 0 atom stereocenters. The molecular weight excluding hydrogens is 328 g/mol. The summed E-state index contributed by atoms with van der Waals surface area (Å²) in [7, 11) is -2.18. The fourth-order valence-corrected chi connectivity index (χ4v) is 4.09. The maximum absolute atomic E-state index is 12.9. The van der Waals surface area contributed by atoms with Gasteiger partial charge in [-0.2, -0.15) is 4.31 Å². The van der Waals surface area contributed by atoms with Crippen molar-refractivity contribution in [2.24, 2.45) is 0 Å². The molecule has 1 aromatic carbocycles. The maximum Gasteiger partial charge on any atom is 0.243 e. The van der Waals surface area contributed by atoms with E-state index in [1.54, 1.807) is 45.0 Å². The highest BCUT2D eigenvalue weighted by molar-refractivity contribution is 7.89.